The Balaban J connectivity index is 1.71. The second kappa shape index (κ2) is 9.79. The second-order valence-electron chi connectivity index (χ2n) is 6.64. The summed E-state index contributed by atoms with van der Waals surface area (Å²) in [4.78, 5) is 23.9. The van der Waals surface area contributed by atoms with Crippen molar-refractivity contribution in [1.82, 2.24) is 9.78 Å². The molecule has 156 valence electrons. The lowest BCUT2D eigenvalue weighted by Gasteiger charge is -2.02. The van der Waals surface area contributed by atoms with Crippen LogP contribution in [0.2, 0.25) is 5.15 Å². The maximum atomic E-state index is 12.3. The number of aryl methyl sites for hydroxylation is 2. The molecule has 31 heavy (non-hydrogen) atoms. The average molecular weight is 434 g/mol. The van der Waals surface area contributed by atoms with E-state index in [2.05, 4.69) is 22.3 Å². The molecule has 0 bridgehead atoms. The van der Waals surface area contributed by atoms with E-state index in [1.165, 1.54) is 13.2 Å². The van der Waals surface area contributed by atoms with Crippen LogP contribution in [-0.4, -0.2) is 28.8 Å². The zero-order valence-corrected chi connectivity index (χ0v) is 18.0. The van der Waals surface area contributed by atoms with E-state index in [9.17, 15) is 9.59 Å². The van der Waals surface area contributed by atoms with E-state index in [1.807, 2.05) is 13.0 Å². The van der Waals surface area contributed by atoms with Crippen molar-refractivity contribution in [1.29, 1.82) is 0 Å². The Morgan fingerprint density at radius 3 is 2.45 bits per heavy atom. The van der Waals surface area contributed by atoms with Gasteiger partial charge in [-0.3, -0.25) is 9.48 Å². The van der Waals surface area contributed by atoms with Gasteiger partial charge in [0, 0.05) is 35.5 Å². The number of hydrogen-bond donors (Lipinski definition) is 1. The zero-order valence-electron chi connectivity index (χ0n) is 17.3. The fourth-order valence-corrected chi connectivity index (χ4v) is 3.08. The van der Waals surface area contributed by atoms with Crippen molar-refractivity contribution in [2.45, 2.75) is 6.92 Å². The Morgan fingerprint density at radius 2 is 1.81 bits per heavy atom. The van der Waals surface area contributed by atoms with Gasteiger partial charge in [-0.2, -0.15) is 5.10 Å². The third kappa shape index (κ3) is 5.62. The molecule has 1 N–H and O–H groups in total. The summed E-state index contributed by atoms with van der Waals surface area (Å²) in [6.07, 6.45) is 3.05. The number of methoxy groups -OCH3 is 1. The van der Waals surface area contributed by atoms with Crippen molar-refractivity contribution >= 4 is 35.2 Å². The van der Waals surface area contributed by atoms with Gasteiger partial charge in [0.05, 0.1) is 18.4 Å². The number of benzene rings is 2. The van der Waals surface area contributed by atoms with Gasteiger partial charge in [0.25, 0.3) is 0 Å². The molecule has 0 aliphatic carbocycles. The number of anilines is 1. The minimum atomic E-state index is -0.413. The van der Waals surface area contributed by atoms with Crippen LogP contribution in [-0.2, 0) is 16.6 Å². The van der Waals surface area contributed by atoms with Gasteiger partial charge in [0.1, 0.15) is 5.15 Å². The molecule has 3 aromatic rings. The zero-order chi connectivity index (χ0) is 22.4. The van der Waals surface area contributed by atoms with E-state index in [-0.39, 0.29) is 5.91 Å². The number of amides is 1. The Kier molecular flexibility index (Phi) is 6.91. The molecule has 6 nitrogen and oxygen atoms in total. The number of rotatable bonds is 4. The van der Waals surface area contributed by atoms with Crippen LogP contribution >= 0.6 is 11.6 Å². The molecule has 0 radical (unpaired) electrons. The number of nitrogens with one attached hydrogen (secondary N) is 1. The van der Waals surface area contributed by atoms with E-state index in [4.69, 9.17) is 16.3 Å². The van der Waals surface area contributed by atoms with Crippen molar-refractivity contribution in [2.24, 2.45) is 7.05 Å². The molecule has 2 aromatic carbocycles. The number of halogens is 1. The van der Waals surface area contributed by atoms with Gasteiger partial charge in [-0.25, -0.2) is 4.79 Å². The van der Waals surface area contributed by atoms with Gasteiger partial charge in [0.2, 0.25) is 5.91 Å². The number of ether oxygens (including phenoxy) is 1. The minimum Gasteiger partial charge on any atom is -0.465 e. The van der Waals surface area contributed by atoms with Crippen LogP contribution in [0, 0.1) is 18.8 Å². The van der Waals surface area contributed by atoms with E-state index in [0.717, 1.165) is 11.3 Å². The van der Waals surface area contributed by atoms with Crippen LogP contribution in [0.5, 0.6) is 0 Å². The molecule has 0 saturated carbocycles. The van der Waals surface area contributed by atoms with Gasteiger partial charge in [-0.1, -0.05) is 35.6 Å². The Bertz CT molecular complexity index is 1230. The molecule has 0 spiro atoms. The van der Waals surface area contributed by atoms with Crippen LogP contribution in [0.25, 0.3) is 6.08 Å². The van der Waals surface area contributed by atoms with Crippen molar-refractivity contribution in [3.05, 3.63) is 87.7 Å². The van der Waals surface area contributed by atoms with Gasteiger partial charge < -0.3 is 10.1 Å². The molecule has 0 fully saturated rings. The van der Waals surface area contributed by atoms with Crippen LogP contribution in [0.1, 0.15) is 32.7 Å². The smallest absolute Gasteiger partial charge is 0.337 e. The summed E-state index contributed by atoms with van der Waals surface area (Å²) in [5.74, 6) is 5.34. The summed E-state index contributed by atoms with van der Waals surface area (Å²) in [5.41, 5.74) is 3.89. The van der Waals surface area contributed by atoms with Gasteiger partial charge >= 0.3 is 5.97 Å². The second-order valence-corrected chi connectivity index (χ2v) is 7.00. The van der Waals surface area contributed by atoms with Crippen molar-refractivity contribution in [2.75, 3.05) is 12.4 Å². The van der Waals surface area contributed by atoms with Gasteiger partial charge in [-0.15, -0.1) is 0 Å². The van der Waals surface area contributed by atoms with Crippen LogP contribution in [0.15, 0.2) is 54.6 Å². The van der Waals surface area contributed by atoms with Crippen molar-refractivity contribution < 1.29 is 14.3 Å². The largest absolute Gasteiger partial charge is 0.465 e. The number of carbonyl (C=O) groups is 2. The fourth-order valence-electron chi connectivity index (χ4n) is 2.84. The summed E-state index contributed by atoms with van der Waals surface area (Å²) in [6.45, 7) is 1.83. The SMILES string of the molecule is COC(=O)c1cccc(C#Cc2cccc(NC(=O)/C=C/c3c(C)nn(C)c3Cl)c2)c1. The molecular formula is C24H20ClN3O3. The number of aromatic nitrogens is 2. The summed E-state index contributed by atoms with van der Waals surface area (Å²) in [6, 6.07) is 14.1. The van der Waals surface area contributed by atoms with E-state index >= 15 is 0 Å². The Morgan fingerprint density at radius 1 is 1.13 bits per heavy atom. The fraction of sp³-hybridized carbons (Fsp3) is 0.125. The molecule has 1 aromatic heterocycles. The number of hydrogen-bond acceptors (Lipinski definition) is 4. The quantitative estimate of drug-likeness (QED) is 0.380. The summed E-state index contributed by atoms with van der Waals surface area (Å²) in [7, 11) is 3.08. The average Bonchev–Trinajstić information content (AvgIpc) is 3.01. The normalized spacial score (nSPS) is 10.5. The minimum absolute atomic E-state index is 0.296. The third-order valence-corrected chi connectivity index (χ3v) is 4.81. The lowest BCUT2D eigenvalue weighted by Crippen LogP contribution is -2.07. The number of nitrogens with zero attached hydrogens (tertiary/aromatic N) is 2. The number of carbonyl (C=O) groups excluding carboxylic acids is 2. The highest BCUT2D eigenvalue weighted by Gasteiger charge is 2.08. The van der Waals surface area contributed by atoms with Gasteiger partial charge in [-0.05, 0) is 49.4 Å². The summed E-state index contributed by atoms with van der Waals surface area (Å²) >= 11 is 6.18. The van der Waals surface area contributed by atoms with E-state index in [0.29, 0.717) is 27.5 Å². The van der Waals surface area contributed by atoms with Crippen LogP contribution in [0.4, 0.5) is 5.69 Å². The monoisotopic (exact) mass is 433 g/mol. The van der Waals surface area contributed by atoms with Crippen LogP contribution in [0.3, 0.4) is 0 Å². The number of esters is 1. The van der Waals surface area contributed by atoms with Crippen LogP contribution < -0.4 is 5.32 Å². The Labute approximate surface area is 185 Å². The molecule has 0 atom stereocenters. The molecule has 3 rings (SSSR count). The standard InChI is InChI=1S/C24H20ClN3O3/c1-16-21(23(25)28(2)27-16)12-13-22(29)26-20-9-5-7-18(15-20)11-10-17-6-4-8-19(14-17)24(30)31-3/h4-9,12-15H,1-3H3,(H,26,29)/b13-12+. The highest BCUT2D eigenvalue weighted by atomic mass is 35.5. The van der Waals surface area contributed by atoms with E-state index in [1.54, 1.807) is 60.3 Å². The summed E-state index contributed by atoms with van der Waals surface area (Å²) < 4.78 is 6.28. The molecule has 1 amide bonds. The Hall–Kier alpha value is -3.82. The molecular weight excluding hydrogens is 414 g/mol. The maximum Gasteiger partial charge on any atom is 0.337 e. The maximum absolute atomic E-state index is 12.3. The molecule has 0 aliphatic heterocycles. The first kappa shape index (κ1) is 21.9. The molecule has 1 heterocycles. The van der Waals surface area contributed by atoms with Crippen molar-refractivity contribution in [3.8, 4) is 11.8 Å². The summed E-state index contributed by atoms with van der Waals surface area (Å²) in [5, 5.41) is 7.48. The highest BCUT2D eigenvalue weighted by Crippen LogP contribution is 2.20. The first-order valence-corrected chi connectivity index (χ1v) is 9.74. The lowest BCUT2D eigenvalue weighted by molar-refractivity contribution is -0.111. The predicted molar refractivity (Wildman–Crippen MR) is 121 cm³/mol. The first-order valence-electron chi connectivity index (χ1n) is 9.36. The molecule has 0 aliphatic rings. The molecule has 0 unspecified atom stereocenters. The highest BCUT2D eigenvalue weighted by molar-refractivity contribution is 6.31. The lowest BCUT2D eigenvalue weighted by atomic mass is 10.1. The third-order valence-electron chi connectivity index (χ3n) is 4.36. The molecule has 7 heteroatoms. The van der Waals surface area contributed by atoms with E-state index < -0.39 is 5.97 Å². The van der Waals surface area contributed by atoms with Gasteiger partial charge in [0.15, 0.2) is 0 Å². The predicted octanol–water partition coefficient (Wildman–Crippen LogP) is 4.22. The first-order chi connectivity index (χ1) is 14.9. The topological polar surface area (TPSA) is 73.2 Å². The molecule has 0 saturated heterocycles. The van der Waals surface area contributed by atoms with Crippen molar-refractivity contribution in [3.63, 3.8) is 0 Å².